The van der Waals surface area contributed by atoms with Gasteiger partial charge in [0.15, 0.2) is 6.56 Å². The number of thiol groups is 1. The highest BCUT2D eigenvalue weighted by molar-refractivity contribution is 8.07. The van der Waals surface area contributed by atoms with Gasteiger partial charge in [0.1, 0.15) is 0 Å². The monoisotopic (exact) mass is 156 g/mol. The molecule has 0 bridgehead atoms. The fraction of sp³-hybridized carbons (Fsp3) is 1.00. The third-order valence-electron chi connectivity index (χ3n) is 2.48. The van der Waals surface area contributed by atoms with Gasteiger partial charge in [-0.1, -0.05) is 50.8 Å². The highest BCUT2D eigenvalue weighted by Gasteiger charge is 2.09. The fourth-order valence-electron chi connectivity index (χ4n) is 1.72. The lowest BCUT2D eigenvalue weighted by Gasteiger charge is -2.15. The highest BCUT2D eigenvalue weighted by Crippen LogP contribution is 2.26. The Balaban J connectivity index is 2.16. The number of rotatable bonds is 1. The zero-order valence-corrected chi connectivity index (χ0v) is 7.58. The summed E-state index contributed by atoms with van der Waals surface area (Å²) in [6, 6.07) is 0. The van der Waals surface area contributed by atoms with Crippen molar-refractivity contribution in [3.63, 3.8) is 0 Å². The minimum atomic E-state index is 0.934. The van der Waals surface area contributed by atoms with E-state index in [-0.39, 0.29) is 0 Å². The summed E-state index contributed by atoms with van der Waals surface area (Å²) in [5, 5.41) is 0. The lowest BCUT2D eigenvalue weighted by atomic mass is 9.76. The molecule has 1 saturated carbocycles. The van der Waals surface area contributed by atoms with Crippen LogP contribution in [0.15, 0.2) is 0 Å². The van der Waals surface area contributed by atoms with Gasteiger partial charge < -0.3 is 0 Å². The molecule has 0 saturated heterocycles. The van der Waals surface area contributed by atoms with Crippen LogP contribution in [0.1, 0.15) is 44.9 Å². The largest absolute Gasteiger partial charge is 0.231 e. The van der Waals surface area contributed by atoms with E-state index in [9.17, 15) is 0 Å². The van der Waals surface area contributed by atoms with Crippen molar-refractivity contribution < 1.29 is 0 Å². The molecule has 1 aliphatic rings. The van der Waals surface area contributed by atoms with Gasteiger partial charge in [-0.05, 0) is 0 Å². The van der Waals surface area contributed by atoms with Gasteiger partial charge >= 0.3 is 0 Å². The molecular weight excluding hydrogens is 139 g/mol. The van der Waals surface area contributed by atoms with Crippen LogP contribution >= 0.6 is 12.5 Å². The van der Waals surface area contributed by atoms with Crippen molar-refractivity contribution >= 4 is 19.0 Å². The average molecular weight is 156 g/mol. The van der Waals surface area contributed by atoms with Crippen LogP contribution in [0.4, 0.5) is 0 Å². The van der Waals surface area contributed by atoms with Crippen molar-refractivity contribution in [2.24, 2.45) is 0 Å². The lowest BCUT2D eigenvalue weighted by molar-refractivity contribution is 0.503. The predicted octanol–water partition coefficient (Wildman–Crippen LogP) is 2.80. The molecule has 0 aromatic rings. The Hall–Kier alpha value is 0.415. The van der Waals surface area contributed by atoms with E-state index in [4.69, 9.17) is 0 Å². The summed E-state index contributed by atoms with van der Waals surface area (Å²) in [5.74, 6) is 0.934. The van der Waals surface area contributed by atoms with E-state index < -0.39 is 0 Å². The van der Waals surface area contributed by atoms with E-state index in [1.54, 1.807) is 0 Å². The summed E-state index contributed by atoms with van der Waals surface area (Å²) in [6.07, 6.45) is 10.2. The lowest BCUT2D eigenvalue weighted by Crippen LogP contribution is -2.01. The van der Waals surface area contributed by atoms with Crippen molar-refractivity contribution in [1.29, 1.82) is 0 Å². The zero-order chi connectivity index (χ0) is 7.23. The maximum Gasteiger partial charge on any atom is 0.190 e. The molecule has 0 aromatic heterocycles. The van der Waals surface area contributed by atoms with Crippen LogP contribution < -0.4 is 0 Å². The summed E-state index contributed by atoms with van der Waals surface area (Å²) in [4.78, 5) is 0. The first kappa shape index (κ1) is 8.51. The highest BCUT2D eigenvalue weighted by atomic mass is 32.1. The molecule has 58 valence electrons. The van der Waals surface area contributed by atoms with Crippen molar-refractivity contribution in [2.45, 2.75) is 50.8 Å². The van der Waals surface area contributed by atoms with Crippen molar-refractivity contribution in [3.05, 3.63) is 0 Å². The smallest absolute Gasteiger partial charge is 0.190 e. The molecule has 0 aromatic carbocycles. The normalized spacial score (nSPS) is 23.3. The first-order valence-corrected chi connectivity index (χ1v) is 5.17. The van der Waals surface area contributed by atoms with Crippen molar-refractivity contribution in [1.82, 2.24) is 0 Å². The van der Waals surface area contributed by atoms with Crippen LogP contribution in [0.2, 0.25) is 5.82 Å². The third kappa shape index (κ3) is 3.00. The summed E-state index contributed by atoms with van der Waals surface area (Å²) < 4.78 is 0. The number of hydrogen-bond donors (Lipinski definition) is 1. The molecule has 0 spiro atoms. The standard InChI is InChI=1S/C8H17BS/c10-9-8-6-4-2-1-3-5-7-8/h8-10H,1-7H2. The van der Waals surface area contributed by atoms with E-state index >= 15 is 0 Å². The Kier molecular flexibility index (Phi) is 4.35. The molecule has 0 aliphatic heterocycles. The Bertz CT molecular complexity index is 77.3. The molecule has 0 amide bonds. The Morgan fingerprint density at radius 3 is 1.90 bits per heavy atom. The van der Waals surface area contributed by atoms with E-state index in [0.29, 0.717) is 0 Å². The van der Waals surface area contributed by atoms with Gasteiger partial charge in [0.05, 0.1) is 0 Å². The molecule has 1 fully saturated rings. The molecule has 1 rings (SSSR count). The van der Waals surface area contributed by atoms with Gasteiger partial charge in [-0.3, -0.25) is 0 Å². The molecule has 0 nitrogen and oxygen atoms in total. The van der Waals surface area contributed by atoms with Crippen molar-refractivity contribution in [2.75, 3.05) is 0 Å². The van der Waals surface area contributed by atoms with E-state index in [0.717, 1.165) is 12.4 Å². The quantitative estimate of drug-likeness (QED) is 0.438. The molecule has 2 heteroatoms. The van der Waals surface area contributed by atoms with E-state index in [1.165, 1.54) is 44.9 Å². The first-order valence-electron chi connectivity index (χ1n) is 4.54. The second kappa shape index (κ2) is 5.12. The minimum absolute atomic E-state index is 0.934. The van der Waals surface area contributed by atoms with Crippen LogP contribution in [0.25, 0.3) is 0 Å². The second-order valence-electron chi connectivity index (χ2n) is 3.39. The van der Waals surface area contributed by atoms with Gasteiger partial charge in [0.2, 0.25) is 0 Å². The second-order valence-corrected chi connectivity index (χ2v) is 3.76. The molecule has 0 atom stereocenters. The molecule has 0 unspecified atom stereocenters. The molecule has 0 heterocycles. The number of hydrogen-bond acceptors (Lipinski definition) is 1. The van der Waals surface area contributed by atoms with Gasteiger partial charge in [0.25, 0.3) is 0 Å². The Morgan fingerprint density at radius 1 is 0.900 bits per heavy atom. The van der Waals surface area contributed by atoms with Crippen LogP contribution in [0.5, 0.6) is 0 Å². The summed E-state index contributed by atoms with van der Waals surface area (Å²) in [6.45, 7) is 1.11. The van der Waals surface area contributed by atoms with Gasteiger partial charge in [-0.15, -0.1) is 0 Å². The Labute approximate surface area is 70.3 Å². The van der Waals surface area contributed by atoms with Gasteiger partial charge in [0, 0.05) is 0 Å². The molecule has 0 radical (unpaired) electrons. The minimum Gasteiger partial charge on any atom is -0.231 e. The average Bonchev–Trinajstić information content (AvgIpc) is 1.87. The van der Waals surface area contributed by atoms with Crippen LogP contribution in [0.3, 0.4) is 0 Å². The Morgan fingerprint density at radius 2 is 1.40 bits per heavy atom. The SMILES string of the molecule is SBC1CCCCCCC1. The molecule has 10 heavy (non-hydrogen) atoms. The third-order valence-corrected chi connectivity index (χ3v) is 3.00. The van der Waals surface area contributed by atoms with Gasteiger partial charge in [-0.25, -0.2) is 12.5 Å². The molecule has 0 N–H and O–H groups in total. The fourth-order valence-corrected chi connectivity index (χ4v) is 2.09. The molecule has 1 aliphatic carbocycles. The topological polar surface area (TPSA) is 0 Å². The van der Waals surface area contributed by atoms with E-state index in [1.807, 2.05) is 0 Å². The van der Waals surface area contributed by atoms with E-state index in [2.05, 4.69) is 12.5 Å². The maximum atomic E-state index is 4.35. The molecular formula is C8H17BS. The predicted molar refractivity (Wildman–Crippen MR) is 52.2 cm³/mol. The summed E-state index contributed by atoms with van der Waals surface area (Å²) >= 11 is 4.35. The van der Waals surface area contributed by atoms with Crippen LogP contribution in [0, 0.1) is 0 Å². The van der Waals surface area contributed by atoms with Gasteiger partial charge in [-0.2, -0.15) is 0 Å². The van der Waals surface area contributed by atoms with Crippen molar-refractivity contribution in [3.8, 4) is 0 Å². The zero-order valence-electron chi connectivity index (χ0n) is 6.68. The summed E-state index contributed by atoms with van der Waals surface area (Å²) in [5.41, 5.74) is 0. The maximum absolute atomic E-state index is 4.35. The van der Waals surface area contributed by atoms with Crippen LogP contribution in [-0.4, -0.2) is 6.56 Å². The van der Waals surface area contributed by atoms with Crippen LogP contribution in [-0.2, 0) is 0 Å². The summed E-state index contributed by atoms with van der Waals surface area (Å²) in [7, 11) is 0. The first-order chi connectivity index (χ1) is 4.93.